The summed E-state index contributed by atoms with van der Waals surface area (Å²) in [4.78, 5) is 8.80. The fourth-order valence-electron chi connectivity index (χ4n) is 2.01. The Morgan fingerprint density at radius 2 is 1.86 bits per heavy atom. The highest BCUT2D eigenvalue weighted by Gasteiger charge is 2.08. The Morgan fingerprint density at radius 3 is 2.55 bits per heavy atom. The van der Waals surface area contributed by atoms with Gasteiger partial charge >= 0.3 is 0 Å². The van der Waals surface area contributed by atoms with Gasteiger partial charge in [0.25, 0.3) is 0 Å². The molecule has 2 N–H and O–H groups in total. The molecule has 0 bridgehead atoms. The van der Waals surface area contributed by atoms with E-state index in [-0.39, 0.29) is 0 Å². The van der Waals surface area contributed by atoms with Crippen LogP contribution >= 0.6 is 23.2 Å². The van der Waals surface area contributed by atoms with Gasteiger partial charge in [-0.25, -0.2) is 4.98 Å². The maximum atomic E-state index is 6.00. The number of aromatic nitrogens is 3. The SMILES string of the molecule is CNc1nc(Nc2ccc(Cl)c(Cl)c2)ncc1-n1cccc1. The summed E-state index contributed by atoms with van der Waals surface area (Å²) < 4.78 is 1.94. The Kier molecular flexibility index (Phi) is 4.18. The van der Waals surface area contributed by atoms with Crippen molar-refractivity contribution in [2.75, 3.05) is 17.7 Å². The van der Waals surface area contributed by atoms with Crippen molar-refractivity contribution in [2.45, 2.75) is 0 Å². The van der Waals surface area contributed by atoms with E-state index in [2.05, 4.69) is 20.6 Å². The van der Waals surface area contributed by atoms with Gasteiger partial charge in [-0.2, -0.15) is 4.98 Å². The van der Waals surface area contributed by atoms with E-state index >= 15 is 0 Å². The first-order chi connectivity index (χ1) is 10.7. The first-order valence-electron chi connectivity index (χ1n) is 6.57. The molecule has 0 saturated carbocycles. The van der Waals surface area contributed by atoms with Crippen LogP contribution in [0.1, 0.15) is 0 Å². The Labute approximate surface area is 137 Å². The van der Waals surface area contributed by atoms with E-state index in [1.807, 2.05) is 42.2 Å². The normalized spacial score (nSPS) is 10.5. The van der Waals surface area contributed by atoms with Gasteiger partial charge in [-0.05, 0) is 30.3 Å². The molecule has 0 fully saturated rings. The first kappa shape index (κ1) is 14.7. The molecule has 0 unspecified atom stereocenters. The average Bonchev–Trinajstić information content (AvgIpc) is 3.05. The summed E-state index contributed by atoms with van der Waals surface area (Å²) in [5, 5.41) is 7.16. The lowest BCUT2D eigenvalue weighted by Crippen LogP contribution is -2.05. The van der Waals surface area contributed by atoms with E-state index in [0.29, 0.717) is 21.8 Å². The van der Waals surface area contributed by atoms with Crippen molar-refractivity contribution in [3.05, 3.63) is 59.0 Å². The molecule has 0 aliphatic rings. The summed E-state index contributed by atoms with van der Waals surface area (Å²) >= 11 is 11.9. The zero-order chi connectivity index (χ0) is 15.5. The third kappa shape index (κ3) is 3.00. The minimum atomic E-state index is 0.471. The highest BCUT2D eigenvalue weighted by atomic mass is 35.5. The molecule has 3 rings (SSSR count). The van der Waals surface area contributed by atoms with Crippen molar-refractivity contribution < 1.29 is 0 Å². The van der Waals surface area contributed by atoms with Crippen molar-refractivity contribution >= 4 is 40.7 Å². The van der Waals surface area contributed by atoms with Gasteiger partial charge in [0.2, 0.25) is 5.95 Å². The van der Waals surface area contributed by atoms with Crippen LogP contribution in [0, 0.1) is 0 Å². The quantitative estimate of drug-likeness (QED) is 0.744. The summed E-state index contributed by atoms with van der Waals surface area (Å²) in [6, 6.07) is 9.16. The molecule has 0 spiro atoms. The molecule has 0 radical (unpaired) electrons. The van der Waals surface area contributed by atoms with Crippen LogP contribution in [0.4, 0.5) is 17.5 Å². The fraction of sp³-hybridized carbons (Fsp3) is 0.0667. The van der Waals surface area contributed by atoms with Gasteiger partial charge in [0.05, 0.1) is 16.2 Å². The third-order valence-corrected chi connectivity index (χ3v) is 3.80. The monoisotopic (exact) mass is 333 g/mol. The lowest BCUT2D eigenvalue weighted by atomic mass is 10.3. The summed E-state index contributed by atoms with van der Waals surface area (Å²) in [7, 11) is 1.82. The highest BCUT2D eigenvalue weighted by Crippen LogP contribution is 2.27. The fourth-order valence-corrected chi connectivity index (χ4v) is 2.30. The molecule has 7 heteroatoms. The summed E-state index contributed by atoms with van der Waals surface area (Å²) in [6.45, 7) is 0. The minimum Gasteiger partial charge on any atom is -0.371 e. The second-order valence-corrected chi connectivity index (χ2v) is 5.34. The molecule has 0 aliphatic carbocycles. The van der Waals surface area contributed by atoms with Gasteiger partial charge in [-0.1, -0.05) is 23.2 Å². The van der Waals surface area contributed by atoms with Gasteiger partial charge in [0.15, 0.2) is 5.82 Å². The van der Waals surface area contributed by atoms with Crippen LogP contribution in [0.25, 0.3) is 5.69 Å². The van der Waals surface area contributed by atoms with E-state index < -0.39 is 0 Å². The number of hydrogen-bond acceptors (Lipinski definition) is 4. The smallest absolute Gasteiger partial charge is 0.229 e. The number of anilines is 3. The van der Waals surface area contributed by atoms with Crippen LogP contribution in [0.5, 0.6) is 0 Å². The Balaban J connectivity index is 1.90. The van der Waals surface area contributed by atoms with Gasteiger partial charge in [0.1, 0.15) is 5.69 Å². The lowest BCUT2D eigenvalue weighted by Gasteiger charge is -2.11. The summed E-state index contributed by atoms with van der Waals surface area (Å²) in [5.74, 6) is 1.19. The molecule has 0 saturated heterocycles. The second-order valence-electron chi connectivity index (χ2n) is 4.52. The van der Waals surface area contributed by atoms with Gasteiger partial charge < -0.3 is 15.2 Å². The van der Waals surface area contributed by atoms with Crippen molar-refractivity contribution in [3.8, 4) is 5.69 Å². The molecular formula is C15H13Cl2N5. The molecule has 0 amide bonds. The number of rotatable bonds is 4. The van der Waals surface area contributed by atoms with Crippen LogP contribution in [-0.4, -0.2) is 21.6 Å². The van der Waals surface area contributed by atoms with Crippen LogP contribution in [0.2, 0.25) is 10.0 Å². The first-order valence-corrected chi connectivity index (χ1v) is 7.33. The van der Waals surface area contributed by atoms with E-state index in [9.17, 15) is 0 Å². The van der Waals surface area contributed by atoms with E-state index in [0.717, 1.165) is 11.4 Å². The van der Waals surface area contributed by atoms with Crippen molar-refractivity contribution in [2.24, 2.45) is 0 Å². The summed E-state index contributed by atoms with van der Waals surface area (Å²) in [5.41, 5.74) is 1.64. The second kappa shape index (κ2) is 6.25. The molecule has 0 aliphatic heterocycles. The highest BCUT2D eigenvalue weighted by molar-refractivity contribution is 6.42. The molecule has 2 heterocycles. The molecule has 1 aromatic carbocycles. The van der Waals surface area contributed by atoms with E-state index in [1.165, 1.54) is 0 Å². The van der Waals surface area contributed by atoms with Crippen molar-refractivity contribution in [1.82, 2.24) is 14.5 Å². The van der Waals surface area contributed by atoms with Crippen LogP contribution < -0.4 is 10.6 Å². The average molecular weight is 334 g/mol. The Hall–Kier alpha value is -2.24. The van der Waals surface area contributed by atoms with Gasteiger partial charge in [-0.3, -0.25) is 0 Å². The number of halogens is 2. The largest absolute Gasteiger partial charge is 0.371 e. The van der Waals surface area contributed by atoms with Crippen LogP contribution in [-0.2, 0) is 0 Å². The van der Waals surface area contributed by atoms with Gasteiger partial charge in [0, 0.05) is 25.1 Å². The maximum Gasteiger partial charge on any atom is 0.229 e. The zero-order valence-electron chi connectivity index (χ0n) is 11.7. The number of benzene rings is 1. The van der Waals surface area contributed by atoms with Crippen molar-refractivity contribution in [1.29, 1.82) is 0 Å². The molecule has 2 aromatic heterocycles. The third-order valence-electron chi connectivity index (χ3n) is 3.06. The Morgan fingerprint density at radius 1 is 1.09 bits per heavy atom. The number of nitrogens with one attached hydrogen (secondary N) is 2. The molecule has 3 aromatic rings. The molecule has 112 valence electrons. The number of nitrogens with zero attached hydrogens (tertiary/aromatic N) is 3. The summed E-state index contributed by atoms with van der Waals surface area (Å²) in [6.07, 6.45) is 5.62. The number of hydrogen-bond donors (Lipinski definition) is 2. The van der Waals surface area contributed by atoms with E-state index in [4.69, 9.17) is 23.2 Å². The molecule has 22 heavy (non-hydrogen) atoms. The molecule has 5 nitrogen and oxygen atoms in total. The lowest BCUT2D eigenvalue weighted by molar-refractivity contribution is 1.02. The Bertz CT molecular complexity index is 787. The van der Waals surface area contributed by atoms with E-state index in [1.54, 1.807) is 18.3 Å². The standard InChI is InChI=1S/C15H13Cl2N5/c1-18-14-13(22-6-2-3-7-22)9-19-15(21-14)20-10-4-5-11(16)12(17)8-10/h2-9H,1H3,(H2,18,19,20,21). The predicted octanol–water partition coefficient (Wildman–Crippen LogP) is 4.36. The molecular weight excluding hydrogens is 321 g/mol. The van der Waals surface area contributed by atoms with Gasteiger partial charge in [-0.15, -0.1) is 0 Å². The zero-order valence-corrected chi connectivity index (χ0v) is 13.2. The maximum absolute atomic E-state index is 6.00. The topological polar surface area (TPSA) is 54.8 Å². The van der Waals surface area contributed by atoms with Crippen molar-refractivity contribution in [3.63, 3.8) is 0 Å². The van der Waals surface area contributed by atoms with Crippen LogP contribution in [0.15, 0.2) is 48.9 Å². The minimum absolute atomic E-state index is 0.471. The predicted molar refractivity (Wildman–Crippen MR) is 90.7 cm³/mol. The molecule has 0 atom stereocenters. The van der Waals surface area contributed by atoms with Crippen LogP contribution in [0.3, 0.4) is 0 Å².